The number of hydrogen-bond donors (Lipinski definition) is 1. The lowest BCUT2D eigenvalue weighted by atomic mass is 10.2. The molecule has 0 amide bonds. The minimum Gasteiger partial charge on any atom is -0.486 e. The Balaban J connectivity index is 2.19. The Kier molecular flexibility index (Phi) is 4.37. The number of benzene rings is 2. The van der Waals surface area contributed by atoms with Crippen molar-refractivity contribution in [2.24, 2.45) is 0 Å². The number of ether oxygens (including phenoxy) is 1. The van der Waals surface area contributed by atoms with Gasteiger partial charge in [0, 0.05) is 13.1 Å². The molecule has 0 spiro atoms. The number of halogens is 1. The summed E-state index contributed by atoms with van der Waals surface area (Å²) >= 11 is 0. The van der Waals surface area contributed by atoms with E-state index < -0.39 is 10.7 Å². The molecule has 0 unspecified atom stereocenters. The van der Waals surface area contributed by atoms with Crippen molar-refractivity contribution in [2.75, 3.05) is 12.4 Å². The van der Waals surface area contributed by atoms with Gasteiger partial charge in [-0.1, -0.05) is 18.2 Å². The SMILES string of the molecule is CNc1ccc(COc2cccc(C)c2F)cc1[N+](=O)[O-]. The van der Waals surface area contributed by atoms with Crippen LogP contribution in [0.1, 0.15) is 11.1 Å². The fraction of sp³-hybridized carbons (Fsp3) is 0.200. The Morgan fingerprint density at radius 3 is 2.76 bits per heavy atom. The van der Waals surface area contributed by atoms with Gasteiger partial charge in [0.15, 0.2) is 11.6 Å². The highest BCUT2D eigenvalue weighted by Crippen LogP contribution is 2.26. The molecule has 0 aliphatic rings. The third kappa shape index (κ3) is 3.28. The van der Waals surface area contributed by atoms with E-state index in [2.05, 4.69) is 5.32 Å². The van der Waals surface area contributed by atoms with Gasteiger partial charge in [0.25, 0.3) is 5.69 Å². The average molecular weight is 290 g/mol. The van der Waals surface area contributed by atoms with E-state index in [1.165, 1.54) is 12.1 Å². The summed E-state index contributed by atoms with van der Waals surface area (Å²) in [5, 5.41) is 13.7. The predicted molar refractivity (Wildman–Crippen MR) is 78.1 cm³/mol. The van der Waals surface area contributed by atoms with Crippen LogP contribution in [0.15, 0.2) is 36.4 Å². The number of nitrogens with zero attached hydrogens (tertiary/aromatic N) is 1. The van der Waals surface area contributed by atoms with E-state index in [0.717, 1.165) is 0 Å². The van der Waals surface area contributed by atoms with E-state index in [9.17, 15) is 14.5 Å². The zero-order valence-electron chi connectivity index (χ0n) is 11.7. The number of nitrogens with one attached hydrogen (secondary N) is 1. The summed E-state index contributed by atoms with van der Waals surface area (Å²) in [4.78, 5) is 10.5. The molecule has 0 radical (unpaired) electrons. The van der Waals surface area contributed by atoms with Crippen molar-refractivity contribution in [3.63, 3.8) is 0 Å². The van der Waals surface area contributed by atoms with Crippen LogP contribution in [0.5, 0.6) is 5.75 Å². The standard InChI is InChI=1S/C15H15FN2O3/c1-10-4-3-5-14(15(10)16)21-9-11-6-7-12(17-2)13(8-11)18(19)20/h3-8,17H,9H2,1-2H3. The summed E-state index contributed by atoms with van der Waals surface area (Å²) in [6.45, 7) is 1.71. The van der Waals surface area contributed by atoms with Crippen LogP contribution in [0, 0.1) is 22.9 Å². The maximum Gasteiger partial charge on any atom is 0.292 e. The van der Waals surface area contributed by atoms with Crippen molar-refractivity contribution in [3.05, 3.63) is 63.5 Å². The van der Waals surface area contributed by atoms with Gasteiger partial charge in [-0.2, -0.15) is 0 Å². The predicted octanol–water partition coefficient (Wildman–Crippen LogP) is 3.66. The number of rotatable bonds is 5. The molecule has 2 rings (SSSR count). The maximum atomic E-state index is 13.8. The molecule has 0 fully saturated rings. The normalized spacial score (nSPS) is 10.2. The van der Waals surface area contributed by atoms with Gasteiger partial charge in [-0.25, -0.2) is 4.39 Å². The van der Waals surface area contributed by atoms with E-state index in [1.54, 1.807) is 38.2 Å². The molecular formula is C15H15FN2O3. The molecule has 0 aliphatic carbocycles. The maximum absolute atomic E-state index is 13.8. The van der Waals surface area contributed by atoms with Crippen LogP contribution >= 0.6 is 0 Å². The molecule has 2 aromatic rings. The molecule has 2 aromatic carbocycles. The van der Waals surface area contributed by atoms with Gasteiger partial charge in [-0.05, 0) is 30.2 Å². The Labute approximate surface area is 121 Å². The van der Waals surface area contributed by atoms with Crippen LogP contribution in [-0.4, -0.2) is 12.0 Å². The molecule has 0 aliphatic heterocycles. The zero-order chi connectivity index (χ0) is 15.4. The summed E-state index contributed by atoms with van der Waals surface area (Å²) in [7, 11) is 1.61. The second kappa shape index (κ2) is 6.21. The lowest BCUT2D eigenvalue weighted by Gasteiger charge is -2.09. The third-order valence-corrected chi connectivity index (χ3v) is 3.08. The van der Waals surface area contributed by atoms with Crippen LogP contribution in [-0.2, 0) is 6.61 Å². The summed E-state index contributed by atoms with van der Waals surface area (Å²) in [6.07, 6.45) is 0. The zero-order valence-corrected chi connectivity index (χ0v) is 11.7. The van der Waals surface area contributed by atoms with Gasteiger partial charge in [-0.15, -0.1) is 0 Å². The summed E-state index contributed by atoms with van der Waals surface area (Å²) in [6, 6.07) is 9.59. The monoisotopic (exact) mass is 290 g/mol. The number of aryl methyl sites for hydroxylation is 1. The molecule has 1 N–H and O–H groups in total. The molecule has 0 atom stereocenters. The molecular weight excluding hydrogens is 275 g/mol. The van der Waals surface area contributed by atoms with Gasteiger partial charge in [0.1, 0.15) is 12.3 Å². The Bertz CT molecular complexity index is 674. The van der Waals surface area contributed by atoms with E-state index in [1.807, 2.05) is 0 Å². The van der Waals surface area contributed by atoms with E-state index in [4.69, 9.17) is 4.74 Å². The first-order valence-electron chi connectivity index (χ1n) is 6.36. The van der Waals surface area contributed by atoms with Crippen LogP contribution < -0.4 is 10.1 Å². The lowest BCUT2D eigenvalue weighted by Crippen LogP contribution is -2.01. The first kappa shape index (κ1) is 14.8. The summed E-state index contributed by atoms with van der Waals surface area (Å²) in [5.74, 6) is -0.283. The van der Waals surface area contributed by atoms with E-state index in [0.29, 0.717) is 16.8 Å². The Hall–Kier alpha value is -2.63. The smallest absolute Gasteiger partial charge is 0.292 e. The highest BCUT2D eigenvalue weighted by molar-refractivity contribution is 5.62. The van der Waals surface area contributed by atoms with Gasteiger partial charge in [-0.3, -0.25) is 10.1 Å². The molecule has 0 saturated carbocycles. The quantitative estimate of drug-likeness (QED) is 0.674. The largest absolute Gasteiger partial charge is 0.486 e. The van der Waals surface area contributed by atoms with Gasteiger partial charge >= 0.3 is 0 Å². The van der Waals surface area contributed by atoms with Gasteiger partial charge < -0.3 is 10.1 Å². The number of anilines is 1. The lowest BCUT2D eigenvalue weighted by molar-refractivity contribution is -0.384. The molecule has 0 heterocycles. The fourth-order valence-corrected chi connectivity index (χ4v) is 1.92. The van der Waals surface area contributed by atoms with Crippen molar-refractivity contribution in [1.29, 1.82) is 0 Å². The number of nitro groups is 1. The number of nitro benzene ring substituents is 1. The van der Waals surface area contributed by atoms with Crippen molar-refractivity contribution in [2.45, 2.75) is 13.5 Å². The number of hydrogen-bond acceptors (Lipinski definition) is 4. The first-order valence-corrected chi connectivity index (χ1v) is 6.36. The summed E-state index contributed by atoms with van der Waals surface area (Å²) < 4.78 is 19.2. The molecule has 0 aromatic heterocycles. The first-order chi connectivity index (χ1) is 10.0. The second-order valence-electron chi connectivity index (χ2n) is 4.53. The third-order valence-electron chi connectivity index (χ3n) is 3.08. The van der Waals surface area contributed by atoms with Crippen molar-refractivity contribution >= 4 is 11.4 Å². The molecule has 5 nitrogen and oxygen atoms in total. The molecule has 6 heteroatoms. The minimum absolute atomic E-state index is 0.0386. The van der Waals surface area contributed by atoms with Crippen molar-refractivity contribution in [1.82, 2.24) is 0 Å². The molecule has 110 valence electrons. The topological polar surface area (TPSA) is 64.4 Å². The Morgan fingerprint density at radius 2 is 2.10 bits per heavy atom. The Morgan fingerprint density at radius 1 is 1.33 bits per heavy atom. The minimum atomic E-state index is -0.470. The molecule has 0 saturated heterocycles. The van der Waals surface area contributed by atoms with E-state index in [-0.39, 0.29) is 18.0 Å². The van der Waals surface area contributed by atoms with Crippen LogP contribution in [0.2, 0.25) is 0 Å². The highest BCUT2D eigenvalue weighted by Gasteiger charge is 2.14. The van der Waals surface area contributed by atoms with Crippen molar-refractivity contribution < 1.29 is 14.1 Å². The highest BCUT2D eigenvalue weighted by atomic mass is 19.1. The second-order valence-corrected chi connectivity index (χ2v) is 4.53. The summed E-state index contributed by atoms with van der Waals surface area (Å²) in [5.41, 5.74) is 1.47. The van der Waals surface area contributed by atoms with Gasteiger partial charge in [0.05, 0.1) is 4.92 Å². The molecule has 21 heavy (non-hydrogen) atoms. The average Bonchev–Trinajstić information content (AvgIpc) is 2.48. The van der Waals surface area contributed by atoms with E-state index >= 15 is 0 Å². The molecule has 0 bridgehead atoms. The fourth-order valence-electron chi connectivity index (χ4n) is 1.92. The van der Waals surface area contributed by atoms with Crippen LogP contribution in [0.4, 0.5) is 15.8 Å². The van der Waals surface area contributed by atoms with Crippen molar-refractivity contribution in [3.8, 4) is 5.75 Å². The van der Waals surface area contributed by atoms with Crippen LogP contribution in [0.25, 0.3) is 0 Å². The van der Waals surface area contributed by atoms with Gasteiger partial charge in [0.2, 0.25) is 0 Å². The van der Waals surface area contributed by atoms with Crippen LogP contribution in [0.3, 0.4) is 0 Å².